The van der Waals surface area contributed by atoms with Crippen molar-refractivity contribution in [1.82, 2.24) is 20.2 Å². The molecule has 0 saturated carbocycles. The number of nitrogens with one attached hydrogen (secondary N) is 2. The number of anilines is 1. The van der Waals surface area contributed by atoms with E-state index in [9.17, 15) is 4.79 Å². The summed E-state index contributed by atoms with van der Waals surface area (Å²) >= 11 is 3.04. The number of rotatable bonds is 10. The van der Waals surface area contributed by atoms with Gasteiger partial charge in [0, 0.05) is 30.6 Å². The standard InChI is InChI=1S/C23H31N5O2S2/c1-23(2,3)18-13-25-19(30-18)15-31-20-14-26-22(32-20)27-21(29)17-9-7-6-8-16(17)12-24-10-11-28(4)5/h6-9,13-14,24H,10-12,15H2,1-5H3,(H,26,27,29). The van der Waals surface area contributed by atoms with Crippen LogP contribution in [0.5, 0.6) is 0 Å². The molecule has 7 nitrogen and oxygen atoms in total. The zero-order valence-corrected chi connectivity index (χ0v) is 20.9. The number of thioether (sulfide) groups is 1. The topological polar surface area (TPSA) is 83.3 Å². The van der Waals surface area contributed by atoms with E-state index in [4.69, 9.17) is 4.42 Å². The van der Waals surface area contributed by atoms with Gasteiger partial charge in [0.1, 0.15) is 5.76 Å². The van der Waals surface area contributed by atoms with Gasteiger partial charge in [-0.05, 0) is 25.7 Å². The van der Waals surface area contributed by atoms with E-state index in [2.05, 4.69) is 46.3 Å². The molecule has 9 heteroatoms. The zero-order valence-electron chi connectivity index (χ0n) is 19.3. The maximum atomic E-state index is 12.8. The van der Waals surface area contributed by atoms with Crippen molar-refractivity contribution in [3.63, 3.8) is 0 Å². The number of nitrogens with zero attached hydrogens (tertiary/aromatic N) is 3. The van der Waals surface area contributed by atoms with Crippen molar-refractivity contribution < 1.29 is 9.21 Å². The summed E-state index contributed by atoms with van der Waals surface area (Å²) in [7, 11) is 4.08. The number of carbonyl (C=O) groups excluding carboxylic acids is 1. The Labute approximate surface area is 198 Å². The lowest BCUT2D eigenvalue weighted by Crippen LogP contribution is -2.27. The Bertz CT molecular complexity index is 1020. The molecule has 0 bridgehead atoms. The molecule has 0 spiro atoms. The fourth-order valence-electron chi connectivity index (χ4n) is 2.83. The third kappa shape index (κ3) is 7.16. The fraction of sp³-hybridized carbons (Fsp3) is 0.435. The first-order valence-electron chi connectivity index (χ1n) is 10.5. The molecule has 0 saturated heterocycles. The molecule has 0 unspecified atom stereocenters. The van der Waals surface area contributed by atoms with Crippen LogP contribution in [0.2, 0.25) is 0 Å². The van der Waals surface area contributed by atoms with Crippen LogP contribution in [0.3, 0.4) is 0 Å². The molecule has 0 aliphatic rings. The second-order valence-electron chi connectivity index (χ2n) is 8.73. The first-order valence-corrected chi connectivity index (χ1v) is 12.3. The first kappa shape index (κ1) is 24.4. The minimum atomic E-state index is -0.150. The van der Waals surface area contributed by atoms with Crippen molar-refractivity contribution >= 4 is 34.1 Å². The third-order valence-electron chi connectivity index (χ3n) is 4.65. The summed E-state index contributed by atoms with van der Waals surface area (Å²) in [5.74, 6) is 2.03. The van der Waals surface area contributed by atoms with Crippen LogP contribution >= 0.6 is 23.1 Å². The molecule has 2 aromatic heterocycles. The summed E-state index contributed by atoms with van der Waals surface area (Å²) in [5, 5.41) is 6.90. The van der Waals surface area contributed by atoms with Gasteiger partial charge in [-0.1, -0.05) is 50.3 Å². The second-order valence-corrected chi connectivity index (χ2v) is 11.0. The molecule has 172 valence electrons. The third-order valence-corrected chi connectivity index (χ3v) is 6.74. The van der Waals surface area contributed by atoms with Gasteiger partial charge in [-0.25, -0.2) is 9.97 Å². The van der Waals surface area contributed by atoms with E-state index in [0.717, 1.165) is 28.6 Å². The van der Waals surface area contributed by atoms with E-state index in [1.807, 2.05) is 38.4 Å². The largest absolute Gasteiger partial charge is 0.444 e. The van der Waals surface area contributed by atoms with Gasteiger partial charge in [0.2, 0.25) is 5.89 Å². The molecule has 0 aliphatic carbocycles. The number of aromatic nitrogens is 2. The number of hydrogen-bond acceptors (Lipinski definition) is 8. The van der Waals surface area contributed by atoms with E-state index in [0.29, 0.717) is 28.9 Å². The van der Waals surface area contributed by atoms with Crippen LogP contribution in [-0.2, 0) is 17.7 Å². The highest BCUT2D eigenvalue weighted by Gasteiger charge is 2.19. The Balaban J connectivity index is 1.55. The molecule has 3 aromatic rings. The number of carbonyl (C=O) groups is 1. The van der Waals surface area contributed by atoms with Crippen LogP contribution in [0.25, 0.3) is 0 Å². The Morgan fingerprint density at radius 1 is 1.19 bits per heavy atom. The van der Waals surface area contributed by atoms with Gasteiger partial charge in [-0.3, -0.25) is 10.1 Å². The molecule has 32 heavy (non-hydrogen) atoms. The van der Waals surface area contributed by atoms with Crippen molar-refractivity contribution in [3.05, 3.63) is 59.4 Å². The number of likely N-dealkylation sites (N-methyl/N-ethyl adjacent to an activating group) is 1. The molecule has 0 atom stereocenters. The molecule has 3 rings (SSSR count). The van der Waals surface area contributed by atoms with E-state index < -0.39 is 0 Å². The zero-order chi connectivity index (χ0) is 23.1. The average molecular weight is 474 g/mol. The summed E-state index contributed by atoms with van der Waals surface area (Å²) in [6.45, 7) is 8.74. The van der Waals surface area contributed by atoms with Gasteiger partial charge >= 0.3 is 0 Å². The SMILES string of the molecule is CN(C)CCNCc1ccccc1C(=O)Nc1ncc(SCc2ncc(C(C)(C)C)o2)s1. The van der Waals surface area contributed by atoms with Crippen LogP contribution in [-0.4, -0.2) is 48.0 Å². The average Bonchev–Trinajstić information content (AvgIpc) is 3.39. The van der Waals surface area contributed by atoms with Crippen LogP contribution < -0.4 is 10.6 Å². The minimum Gasteiger partial charge on any atom is -0.444 e. The van der Waals surface area contributed by atoms with E-state index in [1.165, 1.54) is 11.3 Å². The van der Waals surface area contributed by atoms with Crippen LogP contribution in [0, 0.1) is 0 Å². The Morgan fingerprint density at radius 3 is 2.69 bits per heavy atom. The molecule has 0 aliphatic heterocycles. The highest BCUT2D eigenvalue weighted by atomic mass is 32.2. The maximum Gasteiger partial charge on any atom is 0.257 e. The van der Waals surface area contributed by atoms with Crippen molar-refractivity contribution in [1.29, 1.82) is 0 Å². The monoisotopic (exact) mass is 473 g/mol. The summed E-state index contributed by atoms with van der Waals surface area (Å²) in [4.78, 5) is 23.7. The van der Waals surface area contributed by atoms with Crippen LogP contribution in [0.15, 0.2) is 45.3 Å². The van der Waals surface area contributed by atoms with E-state index in [1.54, 1.807) is 24.2 Å². The van der Waals surface area contributed by atoms with Gasteiger partial charge in [0.15, 0.2) is 5.13 Å². The lowest BCUT2D eigenvalue weighted by atomic mass is 9.94. The number of oxazole rings is 1. The smallest absolute Gasteiger partial charge is 0.257 e. The molecule has 2 N–H and O–H groups in total. The van der Waals surface area contributed by atoms with Gasteiger partial charge in [-0.15, -0.1) is 11.8 Å². The Kier molecular flexibility index (Phi) is 8.47. The van der Waals surface area contributed by atoms with Crippen LogP contribution in [0.1, 0.15) is 48.3 Å². The van der Waals surface area contributed by atoms with Gasteiger partial charge < -0.3 is 14.6 Å². The number of hydrogen-bond donors (Lipinski definition) is 2. The van der Waals surface area contributed by atoms with Crippen molar-refractivity contribution in [2.75, 3.05) is 32.5 Å². The normalized spacial score (nSPS) is 11.8. The second kappa shape index (κ2) is 11.1. The van der Waals surface area contributed by atoms with E-state index >= 15 is 0 Å². The van der Waals surface area contributed by atoms with Gasteiger partial charge in [-0.2, -0.15) is 0 Å². The molecule has 2 heterocycles. The minimum absolute atomic E-state index is 0.0595. The molecule has 0 radical (unpaired) electrons. The fourth-order valence-corrected chi connectivity index (χ4v) is 4.55. The molecular formula is C23H31N5O2S2. The summed E-state index contributed by atoms with van der Waals surface area (Å²) in [6.07, 6.45) is 3.56. The Hall–Kier alpha value is -2.20. The lowest BCUT2D eigenvalue weighted by molar-refractivity contribution is 0.102. The molecule has 1 amide bonds. The summed E-state index contributed by atoms with van der Waals surface area (Å²) < 4.78 is 6.83. The van der Waals surface area contributed by atoms with Crippen molar-refractivity contribution in [3.8, 4) is 0 Å². The van der Waals surface area contributed by atoms with Crippen molar-refractivity contribution in [2.24, 2.45) is 0 Å². The molecular weight excluding hydrogens is 442 g/mol. The quantitative estimate of drug-likeness (QED) is 0.328. The number of amides is 1. The predicted octanol–water partition coefficient (Wildman–Crippen LogP) is 4.62. The van der Waals surface area contributed by atoms with Crippen molar-refractivity contribution in [2.45, 2.75) is 42.7 Å². The van der Waals surface area contributed by atoms with E-state index in [-0.39, 0.29) is 11.3 Å². The Morgan fingerprint density at radius 2 is 1.97 bits per heavy atom. The molecule has 1 aromatic carbocycles. The number of benzene rings is 1. The lowest BCUT2D eigenvalue weighted by Gasteiger charge is -2.12. The predicted molar refractivity (Wildman–Crippen MR) is 132 cm³/mol. The van der Waals surface area contributed by atoms with Gasteiger partial charge in [0.25, 0.3) is 5.91 Å². The summed E-state index contributed by atoms with van der Waals surface area (Å²) in [6, 6.07) is 7.65. The highest BCUT2D eigenvalue weighted by Crippen LogP contribution is 2.32. The summed E-state index contributed by atoms with van der Waals surface area (Å²) in [5.41, 5.74) is 1.56. The van der Waals surface area contributed by atoms with Crippen LogP contribution in [0.4, 0.5) is 5.13 Å². The number of thiazole rings is 1. The van der Waals surface area contributed by atoms with Gasteiger partial charge in [0.05, 0.1) is 22.4 Å². The highest BCUT2D eigenvalue weighted by molar-refractivity contribution is 8.00. The maximum absolute atomic E-state index is 12.8. The molecule has 0 fully saturated rings. The first-order chi connectivity index (χ1) is 15.2.